The number of ether oxygens (including phenoxy) is 1. The minimum atomic E-state index is -0.447. The molecule has 0 spiro atoms. The number of fused-ring (bicyclic) bond motifs is 1. The van der Waals surface area contributed by atoms with Gasteiger partial charge in [0.2, 0.25) is 5.82 Å². The maximum absolute atomic E-state index is 11.0. The van der Waals surface area contributed by atoms with Gasteiger partial charge in [0.15, 0.2) is 0 Å². The van der Waals surface area contributed by atoms with Crippen molar-refractivity contribution in [1.82, 2.24) is 9.38 Å². The SMILES string of the molecule is O=[N+]([O-])c1c(NCCCOCCO)nc2sccn12. The Bertz CT molecular complexity index is 553. The summed E-state index contributed by atoms with van der Waals surface area (Å²) in [6.07, 6.45) is 2.31. The van der Waals surface area contributed by atoms with E-state index in [0.29, 0.717) is 31.1 Å². The molecule has 19 heavy (non-hydrogen) atoms. The Labute approximate surface area is 112 Å². The van der Waals surface area contributed by atoms with Crippen LogP contribution in [0, 0.1) is 10.1 Å². The summed E-state index contributed by atoms with van der Waals surface area (Å²) in [6, 6.07) is 0. The number of anilines is 1. The molecule has 0 radical (unpaired) electrons. The number of aliphatic hydroxyl groups excluding tert-OH is 1. The molecule has 2 aromatic heterocycles. The summed E-state index contributed by atoms with van der Waals surface area (Å²) >= 11 is 1.34. The first kappa shape index (κ1) is 13.7. The molecule has 104 valence electrons. The molecule has 0 aliphatic heterocycles. The van der Waals surface area contributed by atoms with Crippen LogP contribution in [0.2, 0.25) is 0 Å². The molecule has 0 bridgehead atoms. The number of imidazole rings is 1. The molecule has 8 nitrogen and oxygen atoms in total. The molecular formula is C10H14N4O4S. The molecule has 0 aliphatic rings. The Balaban J connectivity index is 1.94. The second-order valence-corrected chi connectivity index (χ2v) is 4.59. The van der Waals surface area contributed by atoms with Gasteiger partial charge in [-0.3, -0.25) is 0 Å². The lowest BCUT2D eigenvalue weighted by atomic mass is 10.4. The van der Waals surface area contributed by atoms with Gasteiger partial charge in [-0.2, -0.15) is 9.38 Å². The lowest BCUT2D eigenvalue weighted by Gasteiger charge is -2.04. The molecule has 2 aromatic rings. The van der Waals surface area contributed by atoms with E-state index in [1.165, 1.54) is 15.7 Å². The monoisotopic (exact) mass is 286 g/mol. The number of aliphatic hydroxyl groups is 1. The average molecular weight is 286 g/mol. The van der Waals surface area contributed by atoms with E-state index in [2.05, 4.69) is 10.3 Å². The summed E-state index contributed by atoms with van der Waals surface area (Å²) in [5.41, 5.74) is 0. The van der Waals surface area contributed by atoms with Crippen LogP contribution in [-0.4, -0.2) is 45.8 Å². The van der Waals surface area contributed by atoms with Crippen molar-refractivity contribution in [3.05, 3.63) is 21.7 Å². The van der Waals surface area contributed by atoms with E-state index in [-0.39, 0.29) is 18.2 Å². The highest BCUT2D eigenvalue weighted by Crippen LogP contribution is 2.27. The van der Waals surface area contributed by atoms with E-state index in [4.69, 9.17) is 9.84 Å². The number of hydrogen-bond acceptors (Lipinski definition) is 7. The van der Waals surface area contributed by atoms with Crippen LogP contribution in [-0.2, 0) is 4.74 Å². The van der Waals surface area contributed by atoms with Gasteiger partial charge in [0, 0.05) is 18.5 Å². The first-order valence-corrected chi connectivity index (χ1v) is 6.64. The Morgan fingerprint density at radius 1 is 1.58 bits per heavy atom. The summed E-state index contributed by atoms with van der Waals surface area (Å²) in [4.78, 5) is 15.3. The van der Waals surface area contributed by atoms with Crippen LogP contribution in [0.5, 0.6) is 0 Å². The molecule has 0 saturated heterocycles. The average Bonchev–Trinajstić information content (AvgIpc) is 2.92. The van der Waals surface area contributed by atoms with Crippen LogP contribution in [0.4, 0.5) is 11.6 Å². The molecule has 0 aromatic carbocycles. The maximum atomic E-state index is 11.0. The van der Waals surface area contributed by atoms with Gasteiger partial charge in [0.1, 0.15) is 6.20 Å². The topological polar surface area (TPSA) is 102 Å². The molecule has 2 rings (SSSR count). The van der Waals surface area contributed by atoms with Crippen molar-refractivity contribution in [2.75, 3.05) is 31.7 Å². The molecule has 0 unspecified atom stereocenters. The normalized spacial score (nSPS) is 11.0. The van der Waals surface area contributed by atoms with Crippen LogP contribution >= 0.6 is 11.3 Å². The van der Waals surface area contributed by atoms with Gasteiger partial charge in [-0.05, 0) is 11.3 Å². The molecule has 9 heteroatoms. The number of nitro groups is 1. The quantitative estimate of drug-likeness (QED) is 0.428. The van der Waals surface area contributed by atoms with Gasteiger partial charge in [-0.15, -0.1) is 0 Å². The van der Waals surface area contributed by atoms with Gasteiger partial charge in [0.05, 0.1) is 13.2 Å². The van der Waals surface area contributed by atoms with E-state index in [0.717, 1.165) is 0 Å². The molecule has 0 aliphatic carbocycles. The van der Waals surface area contributed by atoms with Crippen LogP contribution < -0.4 is 5.32 Å². The minimum absolute atomic E-state index is 0.00375. The van der Waals surface area contributed by atoms with Crippen molar-refractivity contribution in [2.24, 2.45) is 0 Å². The standard InChI is InChI=1S/C10H14N4O4S/c15-4-6-18-5-1-2-11-8-9(14(16)17)13-3-7-19-10(13)12-8/h3,7,11,15H,1-2,4-6H2. The first-order chi connectivity index (χ1) is 9.24. The highest BCUT2D eigenvalue weighted by Gasteiger charge is 2.22. The minimum Gasteiger partial charge on any atom is -0.394 e. The highest BCUT2D eigenvalue weighted by molar-refractivity contribution is 7.15. The fourth-order valence-corrected chi connectivity index (χ4v) is 2.32. The van der Waals surface area contributed by atoms with Gasteiger partial charge in [0.25, 0.3) is 4.96 Å². The van der Waals surface area contributed by atoms with Gasteiger partial charge in [-0.25, -0.2) is 0 Å². The van der Waals surface area contributed by atoms with E-state index < -0.39 is 4.92 Å². The number of nitrogens with one attached hydrogen (secondary N) is 1. The van der Waals surface area contributed by atoms with Crippen molar-refractivity contribution in [3.8, 4) is 0 Å². The summed E-state index contributed by atoms with van der Waals surface area (Å²) in [6.45, 7) is 1.32. The zero-order valence-electron chi connectivity index (χ0n) is 10.1. The van der Waals surface area contributed by atoms with Crippen molar-refractivity contribution in [3.63, 3.8) is 0 Å². The third-order valence-corrected chi connectivity index (χ3v) is 3.16. The van der Waals surface area contributed by atoms with E-state index in [1.54, 1.807) is 11.6 Å². The molecule has 2 N–H and O–H groups in total. The maximum Gasteiger partial charge on any atom is 0.372 e. The largest absolute Gasteiger partial charge is 0.394 e. The van der Waals surface area contributed by atoms with Gasteiger partial charge in [-0.1, -0.05) is 11.3 Å². The number of nitrogens with zero attached hydrogens (tertiary/aromatic N) is 3. The van der Waals surface area contributed by atoms with E-state index in [1.807, 2.05) is 0 Å². The first-order valence-electron chi connectivity index (χ1n) is 5.76. The number of thiazole rings is 1. The van der Waals surface area contributed by atoms with E-state index in [9.17, 15) is 10.1 Å². The summed E-state index contributed by atoms with van der Waals surface area (Å²) in [7, 11) is 0. The van der Waals surface area contributed by atoms with Crippen molar-refractivity contribution in [1.29, 1.82) is 0 Å². The smallest absolute Gasteiger partial charge is 0.372 e. The summed E-state index contributed by atoms with van der Waals surface area (Å²) < 4.78 is 6.55. The number of rotatable bonds is 8. The zero-order valence-corrected chi connectivity index (χ0v) is 10.9. The number of hydrogen-bond donors (Lipinski definition) is 2. The third kappa shape index (κ3) is 3.19. The Kier molecular flexibility index (Phi) is 4.66. The number of aromatic nitrogens is 2. The molecule has 0 atom stereocenters. The Morgan fingerprint density at radius 2 is 2.42 bits per heavy atom. The Hall–Kier alpha value is -1.71. The van der Waals surface area contributed by atoms with E-state index >= 15 is 0 Å². The predicted molar refractivity (Wildman–Crippen MR) is 70.7 cm³/mol. The van der Waals surface area contributed by atoms with Crippen molar-refractivity contribution in [2.45, 2.75) is 6.42 Å². The van der Waals surface area contributed by atoms with Crippen molar-refractivity contribution >= 4 is 27.9 Å². The molecule has 0 fully saturated rings. The lowest BCUT2D eigenvalue weighted by molar-refractivity contribution is -0.389. The second kappa shape index (κ2) is 6.45. The third-order valence-electron chi connectivity index (χ3n) is 2.40. The highest BCUT2D eigenvalue weighted by atomic mass is 32.1. The zero-order chi connectivity index (χ0) is 13.7. The van der Waals surface area contributed by atoms with Crippen molar-refractivity contribution < 1.29 is 14.8 Å². The van der Waals surface area contributed by atoms with Crippen LogP contribution in [0.15, 0.2) is 11.6 Å². The molecule has 0 amide bonds. The van der Waals surface area contributed by atoms with Gasteiger partial charge < -0.3 is 25.3 Å². The summed E-state index contributed by atoms with van der Waals surface area (Å²) in [5.74, 6) is 0.228. The predicted octanol–water partition coefficient (Wildman–Crippen LogP) is 1.11. The summed E-state index contributed by atoms with van der Waals surface area (Å²) in [5, 5.41) is 24.2. The van der Waals surface area contributed by atoms with Crippen LogP contribution in [0.1, 0.15) is 6.42 Å². The molecule has 2 heterocycles. The second-order valence-electron chi connectivity index (χ2n) is 3.71. The fourth-order valence-electron chi connectivity index (χ4n) is 1.61. The van der Waals surface area contributed by atoms with Crippen LogP contribution in [0.25, 0.3) is 4.96 Å². The van der Waals surface area contributed by atoms with Crippen LogP contribution in [0.3, 0.4) is 0 Å². The Morgan fingerprint density at radius 3 is 3.16 bits per heavy atom. The fraction of sp³-hybridized carbons (Fsp3) is 0.500. The van der Waals surface area contributed by atoms with Gasteiger partial charge >= 0.3 is 5.82 Å². The molecule has 0 saturated carbocycles. The molecular weight excluding hydrogens is 272 g/mol. The lowest BCUT2D eigenvalue weighted by Crippen LogP contribution is -2.09.